The number of ether oxygens (including phenoxy) is 3. The summed E-state index contributed by atoms with van der Waals surface area (Å²) in [7, 11) is 1.71. The Morgan fingerprint density at radius 1 is 0.975 bits per heavy atom. The second kappa shape index (κ2) is 14.8. The second-order valence-corrected chi connectivity index (χ2v) is 9.69. The van der Waals surface area contributed by atoms with Crippen molar-refractivity contribution in [3.8, 4) is 5.75 Å². The largest absolute Gasteiger partial charge is 0.497 e. The highest BCUT2D eigenvalue weighted by molar-refractivity contribution is 5.73. The van der Waals surface area contributed by atoms with Crippen molar-refractivity contribution < 1.29 is 60.4 Å². The Morgan fingerprint density at radius 2 is 1.52 bits per heavy atom. The molecule has 4 rings (SSSR count). The van der Waals surface area contributed by atoms with Crippen molar-refractivity contribution in [1.82, 2.24) is 9.80 Å². The van der Waals surface area contributed by atoms with Gasteiger partial charge < -0.3 is 29.3 Å². The van der Waals surface area contributed by atoms with Gasteiger partial charge in [-0.3, -0.25) is 4.90 Å². The molecule has 1 spiro atoms. The molecule has 3 heterocycles. The molecule has 9 nitrogen and oxygen atoms in total. The number of hydrogen-bond acceptors (Lipinski definition) is 7. The summed E-state index contributed by atoms with van der Waals surface area (Å²) < 4.78 is 81.3. The molecule has 1 aromatic rings. The normalized spacial score (nSPS) is 23.9. The van der Waals surface area contributed by atoms with Crippen LogP contribution in [0.3, 0.4) is 0 Å². The highest BCUT2D eigenvalue weighted by Gasteiger charge is 2.43. The van der Waals surface area contributed by atoms with E-state index in [1.165, 1.54) is 31.5 Å². The molecule has 1 aromatic carbocycles. The minimum atomic E-state index is -5.08. The van der Waals surface area contributed by atoms with Gasteiger partial charge in [0, 0.05) is 26.2 Å². The molecule has 3 fully saturated rings. The zero-order chi connectivity index (χ0) is 30.0. The summed E-state index contributed by atoms with van der Waals surface area (Å²) in [5.74, 6) is -4.60. The molecular weight excluding hydrogens is 554 g/mol. The summed E-state index contributed by atoms with van der Waals surface area (Å²) in [5.41, 5.74) is 1.20. The summed E-state index contributed by atoms with van der Waals surface area (Å²) in [6, 6.07) is 8.39. The maximum absolute atomic E-state index is 10.6. The summed E-state index contributed by atoms with van der Waals surface area (Å²) in [6.45, 7) is 7.99. The predicted octanol–water partition coefficient (Wildman–Crippen LogP) is 3.81. The molecule has 2 N–H and O–H groups in total. The Bertz CT molecular complexity index is 915. The Kier molecular flexibility index (Phi) is 12.5. The van der Waals surface area contributed by atoms with Crippen molar-refractivity contribution >= 4 is 11.9 Å². The maximum Gasteiger partial charge on any atom is 0.490 e. The Labute approximate surface area is 227 Å². The van der Waals surface area contributed by atoms with E-state index in [4.69, 9.17) is 34.0 Å². The van der Waals surface area contributed by atoms with Gasteiger partial charge in [-0.05, 0) is 56.5 Å². The molecule has 0 amide bonds. The highest BCUT2D eigenvalue weighted by Crippen LogP contribution is 2.34. The third-order valence-corrected chi connectivity index (χ3v) is 6.48. The average Bonchev–Trinajstić information content (AvgIpc) is 3.47. The summed E-state index contributed by atoms with van der Waals surface area (Å²) in [5, 5.41) is 14.2. The summed E-state index contributed by atoms with van der Waals surface area (Å²) >= 11 is 0. The van der Waals surface area contributed by atoms with Crippen molar-refractivity contribution in [3.05, 3.63) is 29.8 Å². The van der Waals surface area contributed by atoms with E-state index in [1.807, 2.05) is 12.1 Å². The lowest BCUT2D eigenvalue weighted by Gasteiger charge is -2.32. The minimum absolute atomic E-state index is 0.118. The molecule has 0 saturated carbocycles. The number of rotatable bonds is 5. The zero-order valence-electron chi connectivity index (χ0n) is 22.0. The summed E-state index contributed by atoms with van der Waals surface area (Å²) in [4.78, 5) is 22.9. The van der Waals surface area contributed by atoms with E-state index in [0.717, 1.165) is 58.0 Å². The second-order valence-electron chi connectivity index (χ2n) is 9.69. The van der Waals surface area contributed by atoms with Crippen LogP contribution in [0.25, 0.3) is 0 Å². The number of alkyl halides is 6. The third-order valence-electron chi connectivity index (χ3n) is 6.48. The minimum Gasteiger partial charge on any atom is -0.497 e. The molecule has 228 valence electrons. The first-order valence-corrected chi connectivity index (χ1v) is 12.6. The van der Waals surface area contributed by atoms with Gasteiger partial charge >= 0.3 is 24.3 Å². The number of methoxy groups -OCH3 is 1. The van der Waals surface area contributed by atoms with Crippen molar-refractivity contribution in [2.45, 2.75) is 56.3 Å². The van der Waals surface area contributed by atoms with Crippen molar-refractivity contribution in [3.63, 3.8) is 0 Å². The number of likely N-dealkylation sites (tertiary alicyclic amines) is 1. The van der Waals surface area contributed by atoms with Crippen LogP contribution in [0.5, 0.6) is 5.75 Å². The predicted molar refractivity (Wildman–Crippen MR) is 129 cm³/mol. The van der Waals surface area contributed by atoms with Gasteiger partial charge in [0.05, 0.1) is 26.4 Å². The molecule has 2 unspecified atom stereocenters. The topological polar surface area (TPSA) is 109 Å². The highest BCUT2D eigenvalue weighted by atomic mass is 19.4. The number of benzene rings is 1. The van der Waals surface area contributed by atoms with Crippen LogP contribution in [0.2, 0.25) is 0 Å². The lowest BCUT2D eigenvalue weighted by Crippen LogP contribution is -2.45. The van der Waals surface area contributed by atoms with Gasteiger partial charge in [0.25, 0.3) is 0 Å². The van der Waals surface area contributed by atoms with E-state index in [-0.39, 0.29) is 5.60 Å². The van der Waals surface area contributed by atoms with E-state index < -0.39 is 24.3 Å². The van der Waals surface area contributed by atoms with Crippen molar-refractivity contribution in [2.75, 3.05) is 53.0 Å². The standard InChI is InChI=1S/C21H32N2O3.2C2HF3O2/c1-24-19-6-4-18(5-7-19)14-23-12-13-25-17-21(16-23)9-8-20(26-21)15-22-10-2-3-11-22;2*3-2(4,5)1(6)7/h4-7,20H,2-3,8-17H2,1H3;2*(H,6,7). The van der Waals surface area contributed by atoms with E-state index in [2.05, 4.69) is 21.9 Å². The van der Waals surface area contributed by atoms with Gasteiger partial charge in [-0.15, -0.1) is 0 Å². The molecule has 3 aliphatic heterocycles. The maximum atomic E-state index is 10.6. The van der Waals surface area contributed by atoms with Crippen LogP contribution in [0.4, 0.5) is 26.3 Å². The van der Waals surface area contributed by atoms with Gasteiger partial charge in [0.15, 0.2) is 0 Å². The molecule has 15 heteroatoms. The lowest BCUT2D eigenvalue weighted by molar-refractivity contribution is -0.193. The fourth-order valence-corrected chi connectivity index (χ4v) is 4.61. The van der Waals surface area contributed by atoms with E-state index in [9.17, 15) is 26.3 Å². The quantitative estimate of drug-likeness (QED) is 0.497. The number of carboxylic acid groups (broad SMARTS) is 2. The lowest BCUT2D eigenvalue weighted by atomic mass is 9.99. The number of aliphatic carboxylic acids is 2. The van der Waals surface area contributed by atoms with Gasteiger partial charge in [0.1, 0.15) is 11.4 Å². The fourth-order valence-electron chi connectivity index (χ4n) is 4.61. The third kappa shape index (κ3) is 11.5. The Hall–Kier alpha value is -2.62. The van der Waals surface area contributed by atoms with Crippen LogP contribution in [-0.2, 0) is 25.6 Å². The molecule has 0 radical (unpaired) electrons. The van der Waals surface area contributed by atoms with Crippen molar-refractivity contribution in [1.29, 1.82) is 0 Å². The SMILES string of the molecule is COc1ccc(CN2CCOCC3(CCC(CN4CCCC4)O3)C2)cc1.O=C(O)C(F)(F)F.O=C(O)C(F)(F)F. The van der Waals surface area contributed by atoms with Crippen LogP contribution in [-0.4, -0.2) is 109 Å². The van der Waals surface area contributed by atoms with Crippen LogP contribution in [0.1, 0.15) is 31.2 Å². The molecule has 0 aliphatic carbocycles. The first kappa shape index (κ1) is 33.6. The van der Waals surface area contributed by atoms with E-state index >= 15 is 0 Å². The van der Waals surface area contributed by atoms with Gasteiger partial charge in [-0.2, -0.15) is 26.3 Å². The number of halogens is 6. The number of hydrogen-bond donors (Lipinski definition) is 2. The van der Waals surface area contributed by atoms with Crippen LogP contribution < -0.4 is 4.74 Å². The Morgan fingerprint density at radius 3 is 2.02 bits per heavy atom. The first-order valence-electron chi connectivity index (χ1n) is 12.6. The molecule has 0 aromatic heterocycles. The van der Waals surface area contributed by atoms with Crippen LogP contribution in [0.15, 0.2) is 24.3 Å². The van der Waals surface area contributed by atoms with E-state index in [1.54, 1.807) is 7.11 Å². The van der Waals surface area contributed by atoms with Crippen LogP contribution >= 0.6 is 0 Å². The van der Waals surface area contributed by atoms with Crippen LogP contribution in [0, 0.1) is 0 Å². The Balaban J connectivity index is 0.000000333. The molecular formula is C25H34F6N2O7. The van der Waals surface area contributed by atoms with Gasteiger partial charge in [0.2, 0.25) is 0 Å². The molecule has 3 aliphatic rings. The zero-order valence-corrected chi connectivity index (χ0v) is 22.0. The van der Waals surface area contributed by atoms with Gasteiger partial charge in [-0.1, -0.05) is 12.1 Å². The monoisotopic (exact) mass is 588 g/mol. The molecule has 3 saturated heterocycles. The number of nitrogens with zero attached hydrogens (tertiary/aromatic N) is 2. The number of carbonyl (C=O) groups is 2. The molecule has 40 heavy (non-hydrogen) atoms. The smallest absolute Gasteiger partial charge is 0.490 e. The van der Waals surface area contributed by atoms with Crippen molar-refractivity contribution in [2.24, 2.45) is 0 Å². The average molecular weight is 589 g/mol. The molecule has 2 atom stereocenters. The fraction of sp³-hybridized carbons (Fsp3) is 0.680. The molecule has 0 bridgehead atoms. The number of carboxylic acids is 2. The van der Waals surface area contributed by atoms with E-state index in [0.29, 0.717) is 6.10 Å². The van der Waals surface area contributed by atoms with Gasteiger partial charge in [-0.25, -0.2) is 9.59 Å². The first-order chi connectivity index (χ1) is 18.6. The summed E-state index contributed by atoms with van der Waals surface area (Å²) in [6.07, 6.45) is -4.83.